The highest BCUT2D eigenvalue weighted by Gasteiger charge is 2.43. The number of anilines is 1. The Bertz CT molecular complexity index is 1120. The molecule has 178 valence electrons. The molecule has 34 heavy (non-hydrogen) atoms. The monoisotopic (exact) mass is 461 g/mol. The third-order valence-corrected chi connectivity index (χ3v) is 8.07. The molecule has 7 heteroatoms. The van der Waals surface area contributed by atoms with E-state index in [9.17, 15) is 9.18 Å². The van der Waals surface area contributed by atoms with Gasteiger partial charge in [0.1, 0.15) is 11.9 Å². The summed E-state index contributed by atoms with van der Waals surface area (Å²) in [7, 11) is 0. The molecule has 6 nitrogen and oxygen atoms in total. The van der Waals surface area contributed by atoms with E-state index in [4.69, 9.17) is 5.26 Å². The van der Waals surface area contributed by atoms with Crippen LogP contribution in [-0.4, -0.2) is 53.5 Å². The van der Waals surface area contributed by atoms with Crippen LogP contribution >= 0.6 is 0 Å². The first kappa shape index (κ1) is 22.8. The summed E-state index contributed by atoms with van der Waals surface area (Å²) in [6, 6.07) is 10.8. The molecule has 0 unspecified atom stereocenters. The number of piperidine rings is 2. The summed E-state index contributed by atoms with van der Waals surface area (Å²) in [5, 5.41) is 9.08. The molecule has 0 atom stereocenters. The Morgan fingerprint density at radius 2 is 1.82 bits per heavy atom. The average molecular weight is 462 g/mol. The summed E-state index contributed by atoms with van der Waals surface area (Å²) in [6.45, 7) is 9.30. The number of aromatic nitrogens is 1. The molecule has 5 rings (SSSR count). The third-order valence-electron chi connectivity index (χ3n) is 8.07. The van der Waals surface area contributed by atoms with E-state index >= 15 is 0 Å². The smallest absolute Gasteiger partial charge is 0.324 e. The van der Waals surface area contributed by atoms with E-state index in [0.717, 1.165) is 75.4 Å². The van der Waals surface area contributed by atoms with Crippen molar-refractivity contribution in [2.24, 2.45) is 5.41 Å². The largest absolute Gasteiger partial charge is 0.324 e. The number of hydrogen-bond acceptors (Lipinski definition) is 4. The summed E-state index contributed by atoms with van der Waals surface area (Å²) in [4.78, 5) is 24.3. The molecule has 2 fully saturated rings. The number of urea groups is 1. The molecule has 4 heterocycles. The molecule has 2 saturated heterocycles. The van der Waals surface area contributed by atoms with Crippen molar-refractivity contribution in [3.05, 3.63) is 59.2 Å². The lowest BCUT2D eigenvalue weighted by atomic mass is 9.71. The summed E-state index contributed by atoms with van der Waals surface area (Å²) >= 11 is 0. The Balaban J connectivity index is 1.16. The molecule has 1 aromatic heterocycles. The van der Waals surface area contributed by atoms with Crippen LogP contribution in [0.15, 0.2) is 36.5 Å². The van der Waals surface area contributed by atoms with Gasteiger partial charge in [-0.05, 0) is 74.0 Å². The molecule has 1 aromatic carbocycles. The second-order valence-corrected chi connectivity index (χ2v) is 10.8. The second kappa shape index (κ2) is 8.66. The quantitative estimate of drug-likeness (QED) is 0.651. The van der Waals surface area contributed by atoms with E-state index in [0.29, 0.717) is 12.0 Å². The highest BCUT2D eigenvalue weighted by molar-refractivity contribution is 5.94. The number of halogens is 1. The number of amides is 2. The van der Waals surface area contributed by atoms with Crippen molar-refractivity contribution in [1.82, 2.24) is 14.8 Å². The van der Waals surface area contributed by atoms with Gasteiger partial charge in [-0.25, -0.2) is 9.18 Å². The maximum Gasteiger partial charge on any atom is 0.324 e. The third kappa shape index (κ3) is 4.16. The zero-order chi connectivity index (χ0) is 23.9. The van der Waals surface area contributed by atoms with Gasteiger partial charge in [-0.2, -0.15) is 5.26 Å². The van der Waals surface area contributed by atoms with Crippen molar-refractivity contribution in [2.45, 2.75) is 51.5 Å². The zero-order valence-corrected chi connectivity index (χ0v) is 20.1. The van der Waals surface area contributed by atoms with Crippen LogP contribution in [0.3, 0.4) is 0 Å². The molecule has 2 aromatic rings. The Morgan fingerprint density at radius 1 is 1.12 bits per heavy atom. The van der Waals surface area contributed by atoms with Crippen LogP contribution < -0.4 is 4.90 Å². The lowest BCUT2D eigenvalue weighted by Crippen LogP contribution is -2.51. The fraction of sp³-hybridized carbons (Fsp3) is 0.519. The van der Waals surface area contributed by atoms with Crippen molar-refractivity contribution in [2.75, 3.05) is 37.6 Å². The number of fused-ring (bicyclic) bond motifs is 1. The van der Waals surface area contributed by atoms with Gasteiger partial charge in [-0.3, -0.25) is 14.8 Å². The first-order valence-corrected chi connectivity index (χ1v) is 12.2. The van der Waals surface area contributed by atoms with Crippen molar-refractivity contribution >= 4 is 11.7 Å². The molecular formula is C27H32FN5O. The minimum Gasteiger partial charge on any atom is -0.324 e. The molecule has 2 amide bonds. The van der Waals surface area contributed by atoms with Crippen LogP contribution in [0, 0.1) is 22.6 Å². The summed E-state index contributed by atoms with van der Waals surface area (Å²) in [5.41, 5.74) is 3.23. The molecule has 3 aliphatic rings. The van der Waals surface area contributed by atoms with Crippen molar-refractivity contribution in [1.29, 1.82) is 5.26 Å². The summed E-state index contributed by atoms with van der Waals surface area (Å²) in [6.07, 6.45) is 6.12. The average Bonchev–Trinajstić information content (AvgIpc) is 3.13. The molecule has 0 aliphatic carbocycles. The Kier molecular flexibility index (Phi) is 5.81. The summed E-state index contributed by atoms with van der Waals surface area (Å²) < 4.78 is 13.6. The van der Waals surface area contributed by atoms with Crippen LogP contribution in [0.25, 0.3) is 0 Å². The number of carbonyl (C=O) groups excluding carboxylic acids is 1. The number of carbonyl (C=O) groups is 1. The van der Waals surface area contributed by atoms with Crippen molar-refractivity contribution in [3.8, 4) is 6.07 Å². The number of hydrogen-bond donors (Lipinski definition) is 0. The normalized spacial score (nSPS) is 21.4. The molecule has 1 spiro atoms. The van der Waals surface area contributed by atoms with Crippen LogP contribution in [0.2, 0.25) is 0 Å². The predicted octanol–water partition coefficient (Wildman–Crippen LogP) is 4.69. The van der Waals surface area contributed by atoms with E-state index in [1.54, 1.807) is 12.1 Å². The van der Waals surface area contributed by atoms with Gasteiger partial charge in [0.25, 0.3) is 0 Å². The minimum atomic E-state index is -0.456. The first-order chi connectivity index (χ1) is 16.3. The fourth-order valence-corrected chi connectivity index (χ4v) is 5.91. The highest BCUT2D eigenvalue weighted by Crippen LogP contribution is 2.43. The number of nitriles is 1. The molecule has 0 saturated carbocycles. The maximum absolute atomic E-state index is 13.6. The van der Waals surface area contributed by atoms with E-state index in [2.05, 4.69) is 23.7 Å². The standard InChI is InChI=1S/C27H32FN5O/c1-26(2)19-33(23-4-3-11-30-24(23)26)25(34)32-14-9-27(10-15-32)7-12-31(13-8-27)18-20-5-6-22(28)21(16-20)17-29/h3-6,11,16H,7-10,12-15,18-19H2,1-2H3. The first-order valence-electron chi connectivity index (χ1n) is 12.2. The number of rotatable bonds is 2. The van der Waals surface area contributed by atoms with Crippen LogP contribution in [0.5, 0.6) is 0 Å². The second-order valence-electron chi connectivity index (χ2n) is 10.8. The number of pyridine rings is 1. The Hall–Kier alpha value is -2.98. The number of nitrogens with zero attached hydrogens (tertiary/aromatic N) is 5. The van der Waals surface area contributed by atoms with Gasteiger partial charge >= 0.3 is 6.03 Å². The predicted molar refractivity (Wildman–Crippen MR) is 129 cm³/mol. The molecule has 3 aliphatic heterocycles. The SMILES string of the molecule is CC1(C)CN(C(=O)N2CCC3(CCN(Cc4ccc(F)c(C#N)c4)CC3)CC2)c2cccnc21. The number of likely N-dealkylation sites (tertiary alicyclic amines) is 2. The van der Waals surface area contributed by atoms with Gasteiger partial charge in [0.05, 0.1) is 16.9 Å². The van der Waals surface area contributed by atoms with E-state index in [1.807, 2.05) is 34.2 Å². The molecule has 0 radical (unpaired) electrons. The van der Waals surface area contributed by atoms with Crippen molar-refractivity contribution in [3.63, 3.8) is 0 Å². The van der Waals surface area contributed by atoms with Crippen LogP contribution in [-0.2, 0) is 12.0 Å². The lowest BCUT2D eigenvalue weighted by molar-refractivity contribution is 0.0433. The van der Waals surface area contributed by atoms with Gasteiger partial charge in [-0.15, -0.1) is 0 Å². The summed E-state index contributed by atoms with van der Waals surface area (Å²) in [5.74, 6) is -0.456. The zero-order valence-electron chi connectivity index (χ0n) is 20.1. The fourth-order valence-electron chi connectivity index (χ4n) is 5.91. The van der Waals surface area contributed by atoms with Crippen LogP contribution in [0.1, 0.15) is 56.4 Å². The van der Waals surface area contributed by atoms with E-state index in [-0.39, 0.29) is 17.0 Å². The minimum absolute atomic E-state index is 0.108. The van der Waals surface area contributed by atoms with Gasteiger partial charge in [0, 0.05) is 37.8 Å². The van der Waals surface area contributed by atoms with Gasteiger partial charge in [-0.1, -0.05) is 19.9 Å². The van der Waals surface area contributed by atoms with Gasteiger partial charge < -0.3 is 4.90 Å². The van der Waals surface area contributed by atoms with E-state index < -0.39 is 5.82 Å². The molecule has 0 N–H and O–H groups in total. The lowest BCUT2D eigenvalue weighted by Gasteiger charge is -2.47. The topological polar surface area (TPSA) is 63.5 Å². The highest BCUT2D eigenvalue weighted by atomic mass is 19.1. The van der Waals surface area contributed by atoms with Crippen LogP contribution in [0.4, 0.5) is 14.9 Å². The molecular weight excluding hydrogens is 429 g/mol. The Morgan fingerprint density at radius 3 is 2.53 bits per heavy atom. The number of benzene rings is 1. The van der Waals surface area contributed by atoms with E-state index in [1.165, 1.54) is 6.07 Å². The maximum atomic E-state index is 13.6. The Labute approximate surface area is 201 Å². The van der Waals surface area contributed by atoms with Gasteiger partial charge in [0.15, 0.2) is 0 Å². The molecule has 0 bridgehead atoms. The van der Waals surface area contributed by atoms with Crippen molar-refractivity contribution < 1.29 is 9.18 Å². The van der Waals surface area contributed by atoms with Gasteiger partial charge in [0.2, 0.25) is 0 Å².